The summed E-state index contributed by atoms with van der Waals surface area (Å²) >= 11 is 0. The molecule has 3 rings (SSSR count). The van der Waals surface area contributed by atoms with E-state index in [0.29, 0.717) is 12.3 Å². The van der Waals surface area contributed by atoms with Gasteiger partial charge in [0.1, 0.15) is 18.8 Å². The van der Waals surface area contributed by atoms with Gasteiger partial charge in [0.15, 0.2) is 11.5 Å². The number of methoxy groups -OCH3 is 1. The first-order valence-corrected chi connectivity index (χ1v) is 8.07. The molecule has 1 aromatic heterocycles. The molecule has 0 atom stereocenters. The number of rotatable bonds is 6. The second-order valence-corrected chi connectivity index (χ2v) is 5.68. The Morgan fingerprint density at radius 2 is 2.17 bits per heavy atom. The largest absolute Gasteiger partial charge is 0.497 e. The van der Waals surface area contributed by atoms with Crippen molar-refractivity contribution >= 4 is 5.91 Å². The summed E-state index contributed by atoms with van der Waals surface area (Å²) in [7, 11) is 1.61. The van der Waals surface area contributed by atoms with Crippen LogP contribution in [0.25, 0.3) is 11.3 Å². The zero-order chi connectivity index (χ0) is 16.8. The molecular weight excluding hydrogens is 310 g/mol. The van der Waals surface area contributed by atoms with Crippen molar-refractivity contribution in [1.82, 2.24) is 10.5 Å². The molecule has 1 fully saturated rings. The average Bonchev–Trinajstić information content (AvgIpc) is 3.13. The molecule has 2 heterocycles. The molecule has 0 radical (unpaired) electrons. The maximum absolute atomic E-state index is 12.2. The Hall–Kier alpha value is -2.38. The van der Waals surface area contributed by atoms with Gasteiger partial charge in [0.05, 0.1) is 33.4 Å². The minimum absolute atomic E-state index is 0.222. The molecule has 7 heteroatoms. The number of morpholine rings is 1. The first kappa shape index (κ1) is 16.5. The van der Waals surface area contributed by atoms with Crippen LogP contribution >= 0.6 is 0 Å². The number of amides is 1. The van der Waals surface area contributed by atoms with Gasteiger partial charge >= 0.3 is 0 Å². The summed E-state index contributed by atoms with van der Waals surface area (Å²) in [6.45, 7) is 5.04. The van der Waals surface area contributed by atoms with Crippen molar-refractivity contribution < 1.29 is 23.7 Å². The van der Waals surface area contributed by atoms with Crippen LogP contribution in [-0.4, -0.2) is 57.6 Å². The number of hydrogen-bond acceptors (Lipinski definition) is 5. The van der Waals surface area contributed by atoms with Crippen molar-refractivity contribution in [2.75, 3.05) is 46.5 Å². The number of ether oxygens (including phenoxy) is 2. The Morgan fingerprint density at radius 1 is 1.33 bits per heavy atom. The van der Waals surface area contributed by atoms with Crippen molar-refractivity contribution in [3.05, 3.63) is 36.0 Å². The fourth-order valence-corrected chi connectivity index (χ4v) is 2.65. The standard InChI is InChI=1S/C17H21N3O4/c1-22-14-4-2-3-13(11-14)16-12-15(19-24-16)17(21)18-5-6-20-7-9-23-10-8-20/h2-4,11-12H,5-10H2,1H3,(H,18,21)/p+1. The number of quaternary nitrogens is 1. The van der Waals surface area contributed by atoms with Crippen molar-refractivity contribution in [3.8, 4) is 17.1 Å². The maximum atomic E-state index is 12.2. The summed E-state index contributed by atoms with van der Waals surface area (Å²) in [4.78, 5) is 13.6. The fraction of sp³-hybridized carbons (Fsp3) is 0.412. The van der Waals surface area contributed by atoms with Crippen LogP contribution < -0.4 is 15.0 Å². The van der Waals surface area contributed by atoms with Crippen LogP contribution in [-0.2, 0) is 4.74 Å². The van der Waals surface area contributed by atoms with E-state index >= 15 is 0 Å². The number of hydrogen-bond donors (Lipinski definition) is 2. The number of carbonyl (C=O) groups is 1. The highest BCUT2D eigenvalue weighted by molar-refractivity contribution is 5.93. The molecule has 24 heavy (non-hydrogen) atoms. The smallest absolute Gasteiger partial charge is 0.273 e. The van der Waals surface area contributed by atoms with E-state index < -0.39 is 0 Å². The molecule has 2 N–H and O–H groups in total. The summed E-state index contributed by atoms with van der Waals surface area (Å²) in [5, 5.41) is 6.74. The highest BCUT2D eigenvalue weighted by Crippen LogP contribution is 2.24. The van der Waals surface area contributed by atoms with Crippen LogP contribution in [0, 0.1) is 0 Å². The van der Waals surface area contributed by atoms with Gasteiger partial charge in [-0.2, -0.15) is 0 Å². The second-order valence-electron chi connectivity index (χ2n) is 5.68. The van der Waals surface area contributed by atoms with Crippen LogP contribution in [0.5, 0.6) is 5.75 Å². The second kappa shape index (κ2) is 7.94. The lowest BCUT2D eigenvalue weighted by Gasteiger charge is -2.23. The van der Waals surface area contributed by atoms with Gasteiger partial charge in [0, 0.05) is 11.6 Å². The minimum Gasteiger partial charge on any atom is -0.497 e. The van der Waals surface area contributed by atoms with Crippen molar-refractivity contribution in [2.45, 2.75) is 0 Å². The van der Waals surface area contributed by atoms with Gasteiger partial charge in [-0.25, -0.2) is 0 Å². The molecule has 1 amide bonds. The molecule has 7 nitrogen and oxygen atoms in total. The molecule has 1 saturated heterocycles. The van der Waals surface area contributed by atoms with Crippen LogP contribution in [0.15, 0.2) is 34.9 Å². The predicted molar refractivity (Wildman–Crippen MR) is 87.2 cm³/mol. The Balaban J connectivity index is 1.55. The maximum Gasteiger partial charge on any atom is 0.273 e. The Morgan fingerprint density at radius 3 is 2.96 bits per heavy atom. The summed E-state index contributed by atoms with van der Waals surface area (Å²) < 4.78 is 15.8. The summed E-state index contributed by atoms with van der Waals surface area (Å²) in [6, 6.07) is 9.07. The summed E-state index contributed by atoms with van der Waals surface area (Å²) in [5.74, 6) is 1.04. The third kappa shape index (κ3) is 4.12. The number of nitrogens with one attached hydrogen (secondary N) is 2. The van der Waals surface area contributed by atoms with E-state index in [9.17, 15) is 4.79 Å². The lowest BCUT2D eigenvalue weighted by molar-refractivity contribution is -0.906. The number of aromatic nitrogens is 1. The number of nitrogens with zero attached hydrogens (tertiary/aromatic N) is 1. The van der Waals surface area contributed by atoms with E-state index in [-0.39, 0.29) is 11.6 Å². The van der Waals surface area contributed by atoms with Crippen molar-refractivity contribution in [3.63, 3.8) is 0 Å². The van der Waals surface area contributed by atoms with Crippen LogP contribution in [0.4, 0.5) is 0 Å². The van der Waals surface area contributed by atoms with Crippen LogP contribution in [0.3, 0.4) is 0 Å². The average molecular weight is 332 g/mol. The van der Waals surface area contributed by atoms with E-state index in [2.05, 4.69) is 10.5 Å². The van der Waals surface area contributed by atoms with E-state index in [0.717, 1.165) is 44.2 Å². The van der Waals surface area contributed by atoms with Crippen LogP contribution in [0.2, 0.25) is 0 Å². The van der Waals surface area contributed by atoms with E-state index in [1.807, 2.05) is 24.3 Å². The third-order valence-electron chi connectivity index (χ3n) is 4.06. The topological polar surface area (TPSA) is 78.0 Å². The van der Waals surface area contributed by atoms with Gasteiger partial charge in [0.2, 0.25) is 0 Å². The van der Waals surface area contributed by atoms with Gasteiger partial charge in [-0.15, -0.1) is 0 Å². The molecule has 0 unspecified atom stereocenters. The predicted octanol–water partition coefficient (Wildman–Crippen LogP) is -0.00490. The zero-order valence-electron chi connectivity index (χ0n) is 13.7. The third-order valence-corrected chi connectivity index (χ3v) is 4.06. The van der Waals surface area contributed by atoms with Gasteiger partial charge in [-0.3, -0.25) is 4.79 Å². The SMILES string of the molecule is COc1cccc(-c2cc(C(=O)NCC[NH+]3CCOCC3)no2)c1. The van der Waals surface area contributed by atoms with Gasteiger partial charge in [-0.1, -0.05) is 17.3 Å². The van der Waals surface area contributed by atoms with Crippen LogP contribution in [0.1, 0.15) is 10.5 Å². The molecule has 1 aliphatic rings. The molecule has 0 spiro atoms. The molecule has 0 bridgehead atoms. The quantitative estimate of drug-likeness (QED) is 0.778. The lowest BCUT2D eigenvalue weighted by Crippen LogP contribution is -3.14. The molecular formula is C17H22N3O4+. The Labute approximate surface area is 140 Å². The molecule has 0 aliphatic carbocycles. The zero-order valence-corrected chi connectivity index (χ0v) is 13.7. The number of benzene rings is 1. The molecule has 128 valence electrons. The minimum atomic E-state index is -0.222. The fourth-order valence-electron chi connectivity index (χ4n) is 2.65. The normalized spacial score (nSPS) is 15.2. The van der Waals surface area contributed by atoms with E-state index in [1.54, 1.807) is 13.2 Å². The highest BCUT2D eigenvalue weighted by atomic mass is 16.5. The highest BCUT2D eigenvalue weighted by Gasteiger charge is 2.16. The summed E-state index contributed by atoms with van der Waals surface area (Å²) in [6.07, 6.45) is 0. The molecule has 2 aromatic rings. The molecule has 0 saturated carbocycles. The van der Waals surface area contributed by atoms with Gasteiger partial charge < -0.3 is 24.2 Å². The van der Waals surface area contributed by atoms with Gasteiger partial charge in [0.25, 0.3) is 5.91 Å². The molecule has 1 aromatic carbocycles. The van der Waals surface area contributed by atoms with E-state index in [1.165, 1.54) is 4.90 Å². The lowest BCUT2D eigenvalue weighted by atomic mass is 10.1. The Kier molecular flexibility index (Phi) is 5.45. The number of carbonyl (C=O) groups excluding carboxylic acids is 1. The van der Waals surface area contributed by atoms with E-state index in [4.69, 9.17) is 14.0 Å². The monoisotopic (exact) mass is 332 g/mol. The van der Waals surface area contributed by atoms with Gasteiger partial charge in [-0.05, 0) is 12.1 Å². The first-order chi connectivity index (χ1) is 11.8. The van der Waals surface area contributed by atoms with Crippen molar-refractivity contribution in [1.29, 1.82) is 0 Å². The first-order valence-electron chi connectivity index (χ1n) is 8.07. The molecule has 1 aliphatic heterocycles. The summed E-state index contributed by atoms with van der Waals surface area (Å²) in [5.41, 5.74) is 1.10. The Bertz CT molecular complexity index is 680. The van der Waals surface area contributed by atoms with Crippen molar-refractivity contribution in [2.24, 2.45) is 0 Å².